The third kappa shape index (κ3) is 2.26. The molecule has 1 aromatic rings. The summed E-state index contributed by atoms with van der Waals surface area (Å²) >= 11 is 0. The van der Waals surface area contributed by atoms with Crippen LogP contribution >= 0.6 is 0 Å². The number of phenolic OH excluding ortho intramolecular Hbond substituents is 1. The average Bonchev–Trinajstić information content (AvgIpc) is 2.82. The van der Waals surface area contributed by atoms with Crippen molar-refractivity contribution in [2.45, 2.75) is 31.7 Å². The molecule has 0 aromatic heterocycles. The molecule has 1 unspecified atom stereocenters. The standard InChI is InChI=1S/C13H18N2O2/c1-2-13(8-5-9-14-13)12(17)15-10-6-3-4-7-11(10)16/h3-4,6-7,14,16H,2,5,8-9H2,1H3,(H,15,17). The van der Waals surface area contributed by atoms with Crippen LogP contribution < -0.4 is 10.6 Å². The third-order valence-electron chi connectivity index (χ3n) is 3.43. The highest BCUT2D eigenvalue weighted by molar-refractivity contribution is 5.99. The third-order valence-corrected chi connectivity index (χ3v) is 3.43. The molecule has 1 aliphatic rings. The van der Waals surface area contributed by atoms with Gasteiger partial charge in [-0.15, -0.1) is 0 Å². The van der Waals surface area contributed by atoms with Gasteiger partial charge in [-0.2, -0.15) is 0 Å². The Labute approximate surface area is 101 Å². The zero-order valence-electron chi connectivity index (χ0n) is 9.99. The summed E-state index contributed by atoms with van der Waals surface area (Å²) in [6, 6.07) is 6.78. The van der Waals surface area contributed by atoms with Gasteiger partial charge in [0, 0.05) is 0 Å². The minimum atomic E-state index is -0.470. The van der Waals surface area contributed by atoms with E-state index in [1.54, 1.807) is 24.3 Å². The van der Waals surface area contributed by atoms with Crippen LogP contribution in [0.2, 0.25) is 0 Å². The lowest BCUT2D eigenvalue weighted by Crippen LogP contribution is -2.50. The quantitative estimate of drug-likeness (QED) is 0.700. The van der Waals surface area contributed by atoms with Crippen LogP contribution in [0.25, 0.3) is 0 Å². The first-order valence-electron chi connectivity index (χ1n) is 6.02. The Bertz CT molecular complexity index is 412. The highest BCUT2D eigenvalue weighted by Gasteiger charge is 2.39. The van der Waals surface area contributed by atoms with Gasteiger partial charge in [-0.25, -0.2) is 0 Å². The maximum Gasteiger partial charge on any atom is 0.244 e. The maximum atomic E-state index is 12.2. The molecule has 1 atom stereocenters. The van der Waals surface area contributed by atoms with Crippen molar-refractivity contribution in [2.75, 3.05) is 11.9 Å². The Kier molecular flexibility index (Phi) is 3.33. The second-order valence-corrected chi connectivity index (χ2v) is 4.44. The molecule has 1 fully saturated rings. The Morgan fingerprint density at radius 2 is 2.29 bits per heavy atom. The van der Waals surface area contributed by atoms with Crippen LogP contribution in [0, 0.1) is 0 Å². The van der Waals surface area contributed by atoms with Crippen molar-refractivity contribution in [3.63, 3.8) is 0 Å². The minimum absolute atomic E-state index is 0.0565. The van der Waals surface area contributed by atoms with Crippen molar-refractivity contribution >= 4 is 11.6 Å². The van der Waals surface area contributed by atoms with Gasteiger partial charge in [0.2, 0.25) is 5.91 Å². The summed E-state index contributed by atoms with van der Waals surface area (Å²) in [5.74, 6) is 0.0455. The van der Waals surface area contributed by atoms with Crippen LogP contribution in [0.15, 0.2) is 24.3 Å². The topological polar surface area (TPSA) is 61.4 Å². The van der Waals surface area contributed by atoms with Crippen LogP contribution in [0.4, 0.5) is 5.69 Å². The Hall–Kier alpha value is -1.55. The van der Waals surface area contributed by atoms with Gasteiger partial charge in [-0.1, -0.05) is 19.1 Å². The molecule has 3 N–H and O–H groups in total. The van der Waals surface area contributed by atoms with Crippen molar-refractivity contribution in [2.24, 2.45) is 0 Å². The minimum Gasteiger partial charge on any atom is -0.506 e. The van der Waals surface area contributed by atoms with Gasteiger partial charge in [0.1, 0.15) is 5.75 Å². The number of aromatic hydroxyl groups is 1. The molecular formula is C13H18N2O2. The first-order valence-corrected chi connectivity index (χ1v) is 6.02. The molecule has 4 nitrogen and oxygen atoms in total. The van der Waals surface area contributed by atoms with Gasteiger partial charge in [0.15, 0.2) is 0 Å². The maximum absolute atomic E-state index is 12.2. The summed E-state index contributed by atoms with van der Waals surface area (Å²) < 4.78 is 0. The van der Waals surface area contributed by atoms with Gasteiger partial charge in [-0.3, -0.25) is 4.79 Å². The Balaban J connectivity index is 2.14. The van der Waals surface area contributed by atoms with E-state index in [-0.39, 0.29) is 11.7 Å². The molecule has 4 heteroatoms. The fraction of sp³-hybridized carbons (Fsp3) is 0.462. The SMILES string of the molecule is CCC1(C(=O)Nc2ccccc2O)CCCN1. The summed E-state index contributed by atoms with van der Waals surface area (Å²) in [5.41, 5.74) is 0.00136. The predicted molar refractivity (Wildman–Crippen MR) is 67.0 cm³/mol. The lowest BCUT2D eigenvalue weighted by molar-refractivity contribution is -0.122. The Morgan fingerprint density at radius 3 is 2.88 bits per heavy atom. The summed E-state index contributed by atoms with van der Waals surface area (Å²) in [6.07, 6.45) is 2.62. The van der Waals surface area contributed by atoms with Crippen molar-refractivity contribution < 1.29 is 9.90 Å². The highest BCUT2D eigenvalue weighted by atomic mass is 16.3. The molecule has 92 valence electrons. The number of rotatable bonds is 3. The molecule has 1 aliphatic heterocycles. The summed E-state index contributed by atoms with van der Waals surface area (Å²) in [6.45, 7) is 2.88. The number of benzene rings is 1. The van der Waals surface area contributed by atoms with E-state index in [9.17, 15) is 9.90 Å². The second kappa shape index (κ2) is 4.75. The lowest BCUT2D eigenvalue weighted by Gasteiger charge is -2.26. The van der Waals surface area contributed by atoms with E-state index in [0.29, 0.717) is 5.69 Å². The van der Waals surface area contributed by atoms with Crippen LogP contribution in [-0.2, 0) is 4.79 Å². The van der Waals surface area contributed by atoms with E-state index >= 15 is 0 Å². The molecule has 0 radical (unpaired) electrons. The van der Waals surface area contributed by atoms with Gasteiger partial charge in [0.05, 0.1) is 11.2 Å². The van der Waals surface area contributed by atoms with Gasteiger partial charge < -0.3 is 15.7 Å². The number of carbonyl (C=O) groups is 1. The Morgan fingerprint density at radius 1 is 1.53 bits per heavy atom. The first-order chi connectivity index (χ1) is 8.18. The summed E-state index contributed by atoms with van der Waals surface area (Å²) in [4.78, 5) is 12.2. The van der Waals surface area contributed by atoms with E-state index in [1.807, 2.05) is 6.92 Å². The van der Waals surface area contributed by atoms with Gasteiger partial charge in [-0.05, 0) is 37.9 Å². The van der Waals surface area contributed by atoms with Crippen molar-refractivity contribution in [1.29, 1.82) is 0 Å². The fourth-order valence-corrected chi connectivity index (χ4v) is 2.28. The van der Waals surface area contributed by atoms with Crippen molar-refractivity contribution in [3.8, 4) is 5.75 Å². The molecule has 0 saturated carbocycles. The summed E-state index contributed by atoms with van der Waals surface area (Å²) in [7, 11) is 0. The smallest absolute Gasteiger partial charge is 0.244 e. The lowest BCUT2D eigenvalue weighted by atomic mass is 9.93. The van der Waals surface area contributed by atoms with Crippen LogP contribution in [-0.4, -0.2) is 23.1 Å². The van der Waals surface area contributed by atoms with E-state index in [2.05, 4.69) is 10.6 Å². The number of para-hydroxylation sites is 2. The molecule has 2 rings (SSSR count). The summed E-state index contributed by atoms with van der Waals surface area (Å²) in [5, 5.41) is 15.7. The van der Waals surface area contributed by atoms with Crippen LogP contribution in [0.5, 0.6) is 5.75 Å². The van der Waals surface area contributed by atoms with E-state index in [4.69, 9.17) is 0 Å². The van der Waals surface area contributed by atoms with Crippen molar-refractivity contribution in [1.82, 2.24) is 5.32 Å². The predicted octanol–water partition coefficient (Wildman–Crippen LogP) is 1.86. The second-order valence-electron chi connectivity index (χ2n) is 4.44. The number of carbonyl (C=O) groups excluding carboxylic acids is 1. The number of nitrogens with one attached hydrogen (secondary N) is 2. The number of anilines is 1. The molecular weight excluding hydrogens is 216 g/mol. The van der Waals surface area contributed by atoms with E-state index < -0.39 is 5.54 Å². The van der Waals surface area contributed by atoms with Gasteiger partial charge >= 0.3 is 0 Å². The number of hydrogen-bond donors (Lipinski definition) is 3. The molecule has 0 bridgehead atoms. The highest BCUT2D eigenvalue weighted by Crippen LogP contribution is 2.27. The van der Waals surface area contributed by atoms with E-state index in [1.165, 1.54) is 0 Å². The zero-order chi connectivity index (χ0) is 12.3. The molecule has 1 aromatic carbocycles. The number of amides is 1. The van der Waals surface area contributed by atoms with Crippen molar-refractivity contribution in [3.05, 3.63) is 24.3 Å². The molecule has 0 spiro atoms. The molecule has 1 saturated heterocycles. The molecule has 0 aliphatic carbocycles. The molecule has 17 heavy (non-hydrogen) atoms. The van der Waals surface area contributed by atoms with Crippen LogP contribution in [0.3, 0.4) is 0 Å². The fourth-order valence-electron chi connectivity index (χ4n) is 2.28. The zero-order valence-corrected chi connectivity index (χ0v) is 9.99. The van der Waals surface area contributed by atoms with Gasteiger partial charge in [0.25, 0.3) is 0 Å². The number of hydrogen-bond acceptors (Lipinski definition) is 3. The number of phenols is 1. The average molecular weight is 234 g/mol. The monoisotopic (exact) mass is 234 g/mol. The van der Waals surface area contributed by atoms with Crippen LogP contribution in [0.1, 0.15) is 26.2 Å². The first kappa shape index (κ1) is 11.9. The normalized spacial score (nSPS) is 23.6. The largest absolute Gasteiger partial charge is 0.506 e. The van der Waals surface area contributed by atoms with E-state index in [0.717, 1.165) is 25.8 Å². The molecule has 1 heterocycles. The molecule has 1 amide bonds.